The summed E-state index contributed by atoms with van der Waals surface area (Å²) in [5.41, 5.74) is 0.746. The Bertz CT molecular complexity index is 897. The van der Waals surface area contributed by atoms with Gasteiger partial charge in [-0.3, -0.25) is 4.79 Å². The minimum Gasteiger partial charge on any atom is -0.492 e. The van der Waals surface area contributed by atoms with Crippen LogP contribution in [0.5, 0.6) is 5.75 Å². The van der Waals surface area contributed by atoms with E-state index in [-0.39, 0.29) is 10.9 Å². The van der Waals surface area contributed by atoms with Gasteiger partial charge in [-0.25, -0.2) is 8.42 Å². The molecule has 1 unspecified atom stereocenters. The van der Waals surface area contributed by atoms with E-state index in [4.69, 9.17) is 27.9 Å². The van der Waals surface area contributed by atoms with Crippen molar-refractivity contribution >= 4 is 38.9 Å². The number of para-hydroxylation sites is 1. The first-order valence-corrected chi connectivity index (χ1v) is 9.96. The van der Waals surface area contributed by atoms with Crippen LogP contribution < -0.4 is 10.1 Å². The molecule has 8 heteroatoms. The molecule has 5 nitrogen and oxygen atoms in total. The van der Waals surface area contributed by atoms with E-state index < -0.39 is 21.5 Å². The molecule has 0 radical (unpaired) electrons. The zero-order valence-electron chi connectivity index (χ0n) is 13.0. The number of fused-ring (bicyclic) bond motifs is 1. The molecule has 2 aromatic rings. The fourth-order valence-electron chi connectivity index (χ4n) is 2.67. The number of sulfone groups is 1. The van der Waals surface area contributed by atoms with Crippen molar-refractivity contribution < 1.29 is 17.9 Å². The Kier molecular flexibility index (Phi) is 5.22. The number of ether oxygens (including phenoxy) is 1. The van der Waals surface area contributed by atoms with Crippen molar-refractivity contribution in [1.82, 2.24) is 5.32 Å². The minimum atomic E-state index is -3.74. The van der Waals surface area contributed by atoms with Crippen molar-refractivity contribution in [3.8, 4) is 5.75 Å². The molecule has 3 rings (SSSR count). The second kappa shape index (κ2) is 7.23. The van der Waals surface area contributed by atoms with E-state index in [1.165, 1.54) is 24.3 Å². The lowest BCUT2D eigenvalue weighted by molar-refractivity contribution is -0.119. The fraction of sp³-hybridized carbons (Fsp3) is 0.235. The molecular formula is C17H15Cl2NO4S. The van der Waals surface area contributed by atoms with Gasteiger partial charge in [0, 0.05) is 17.0 Å². The van der Waals surface area contributed by atoms with Crippen molar-refractivity contribution in [3.63, 3.8) is 0 Å². The Morgan fingerprint density at radius 3 is 2.60 bits per heavy atom. The zero-order valence-corrected chi connectivity index (χ0v) is 15.4. The highest BCUT2D eigenvalue weighted by Crippen LogP contribution is 2.37. The average Bonchev–Trinajstić information content (AvgIpc) is 2.56. The second-order valence-corrected chi connectivity index (χ2v) is 8.46. The molecule has 0 fully saturated rings. The lowest BCUT2D eigenvalue weighted by Crippen LogP contribution is -2.36. The number of nitrogens with one attached hydrogen (secondary N) is 1. The van der Waals surface area contributed by atoms with Crippen LogP contribution in [0.4, 0.5) is 0 Å². The number of hydrogen-bond donors (Lipinski definition) is 1. The highest BCUT2D eigenvalue weighted by molar-refractivity contribution is 7.92. The van der Waals surface area contributed by atoms with Crippen LogP contribution >= 0.6 is 23.2 Å². The predicted octanol–water partition coefficient (Wildman–Crippen LogP) is 3.41. The quantitative estimate of drug-likeness (QED) is 0.854. The van der Waals surface area contributed by atoms with E-state index in [1.807, 2.05) is 0 Å². The van der Waals surface area contributed by atoms with Gasteiger partial charge in [-0.15, -0.1) is 0 Å². The summed E-state index contributed by atoms with van der Waals surface area (Å²) in [6.07, 6.45) is 0.542. The number of carbonyl (C=O) groups excluding carboxylic acids is 1. The molecule has 25 heavy (non-hydrogen) atoms. The molecule has 0 saturated carbocycles. The van der Waals surface area contributed by atoms with Crippen LogP contribution in [0.25, 0.3) is 0 Å². The molecule has 2 aromatic carbocycles. The van der Waals surface area contributed by atoms with Crippen LogP contribution in [-0.2, 0) is 14.6 Å². The number of hydrogen-bond acceptors (Lipinski definition) is 4. The topological polar surface area (TPSA) is 72.5 Å². The van der Waals surface area contributed by atoms with E-state index in [0.717, 1.165) is 5.56 Å². The average molecular weight is 400 g/mol. The third-order valence-corrected chi connectivity index (χ3v) is 6.04. The maximum absolute atomic E-state index is 12.3. The lowest BCUT2D eigenvalue weighted by atomic mass is 10.0. The molecule has 0 spiro atoms. The van der Waals surface area contributed by atoms with Gasteiger partial charge in [0.25, 0.3) is 0 Å². The Hall–Kier alpha value is -1.76. The number of amides is 1. The van der Waals surface area contributed by atoms with E-state index >= 15 is 0 Å². The molecule has 1 amide bonds. The number of rotatable bonds is 4. The molecule has 0 aromatic heterocycles. The van der Waals surface area contributed by atoms with E-state index in [9.17, 15) is 13.2 Å². The monoisotopic (exact) mass is 399 g/mol. The normalized spacial score (nSPS) is 16.6. The Labute approximate surface area is 155 Å². The number of carbonyl (C=O) groups is 1. The Balaban J connectivity index is 1.74. The molecule has 1 aliphatic heterocycles. The summed E-state index contributed by atoms with van der Waals surface area (Å²) >= 11 is 11.9. The lowest BCUT2D eigenvalue weighted by Gasteiger charge is -2.27. The maximum atomic E-state index is 12.3. The first-order chi connectivity index (χ1) is 11.9. The summed E-state index contributed by atoms with van der Waals surface area (Å²) in [5, 5.41) is 3.65. The van der Waals surface area contributed by atoms with Gasteiger partial charge in [0.15, 0.2) is 9.84 Å². The standard InChI is InChI=1S/C17H15Cl2NO4S/c18-11-4-6-12(7-5-11)25(22,23)10-16(21)20-15-8-9-24-17-13(15)2-1-3-14(17)19/h1-7,15H,8-10H2,(H,20,21). The van der Waals surface area contributed by atoms with Crippen LogP contribution in [0, 0.1) is 0 Å². The first kappa shape index (κ1) is 18.0. The largest absolute Gasteiger partial charge is 0.492 e. The Morgan fingerprint density at radius 2 is 1.88 bits per heavy atom. The summed E-state index contributed by atoms with van der Waals surface area (Å²) in [6, 6.07) is 10.7. The third-order valence-electron chi connectivity index (χ3n) is 3.85. The van der Waals surface area contributed by atoms with E-state index in [1.54, 1.807) is 18.2 Å². The van der Waals surface area contributed by atoms with Gasteiger partial charge in [0.1, 0.15) is 11.5 Å². The van der Waals surface area contributed by atoms with Gasteiger partial charge in [-0.2, -0.15) is 0 Å². The maximum Gasteiger partial charge on any atom is 0.236 e. The minimum absolute atomic E-state index is 0.0578. The SMILES string of the molecule is O=C(CS(=O)(=O)c1ccc(Cl)cc1)NC1CCOc2c(Cl)cccc21. The fourth-order valence-corrected chi connectivity index (χ4v) is 4.18. The van der Waals surface area contributed by atoms with Crippen molar-refractivity contribution in [3.05, 3.63) is 58.1 Å². The molecule has 0 aliphatic carbocycles. The zero-order chi connectivity index (χ0) is 18.0. The van der Waals surface area contributed by atoms with Crippen LogP contribution in [-0.4, -0.2) is 26.7 Å². The van der Waals surface area contributed by atoms with Gasteiger partial charge in [-0.1, -0.05) is 35.3 Å². The highest BCUT2D eigenvalue weighted by atomic mass is 35.5. The van der Waals surface area contributed by atoms with Gasteiger partial charge in [0.2, 0.25) is 5.91 Å². The summed E-state index contributed by atoms with van der Waals surface area (Å²) in [6.45, 7) is 0.394. The molecule has 1 N–H and O–H groups in total. The van der Waals surface area contributed by atoms with Crippen molar-refractivity contribution in [1.29, 1.82) is 0 Å². The highest BCUT2D eigenvalue weighted by Gasteiger charge is 2.27. The van der Waals surface area contributed by atoms with Crippen molar-refractivity contribution in [2.45, 2.75) is 17.4 Å². The second-order valence-electron chi connectivity index (χ2n) is 5.63. The van der Waals surface area contributed by atoms with Gasteiger partial charge >= 0.3 is 0 Å². The molecule has 1 heterocycles. The van der Waals surface area contributed by atoms with Gasteiger partial charge < -0.3 is 10.1 Å². The van der Waals surface area contributed by atoms with Crippen LogP contribution in [0.1, 0.15) is 18.0 Å². The van der Waals surface area contributed by atoms with Crippen LogP contribution in [0.3, 0.4) is 0 Å². The smallest absolute Gasteiger partial charge is 0.236 e. The van der Waals surface area contributed by atoms with Crippen molar-refractivity contribution in [2.75, 3.05) is 12.4 Å². The molecule has 132 valence electrons. The number of benzene rings is 2. The molecule has 1 aliphatic rings. The van der Waals surface area contributed by atoms with E-state index in [0.29, 0.717) is 28.8 Å². The molecular weight excluding hydrogens is 385 g/mol. The summed E-state index contributed by atoms with van der Waals surface area (Å²) in [4.78, 5) is 12.3. The first-order valence-electron chi connectivity index (χ1n) is 7.56. The van der Waals surface area contributed by atoms with Crippen LogP contribution in [0.15, 0.2) is 47.4 Å². The summed E-state index contributed by atoms with van der Waals surface area (Å²) in [7, 11) is -3.74. The summed E-state index contributed by atoms with van der Waals surface area (Å²) < 4.78 is 30.2. The molecule has 0 bridgehead atoms. The van der Waals surface area contributed by atoms with Crippen LogP contribution in [0.2, 0.25) is 10.0 Å². The Morgan fingerprint density at radius 1 is 1.16 bits per heavy atom. The third kappa shape index (κ3) is 4.08. The van der Waals surface area contributed by atoms with Gasteiger partial charge in [0.05, 0.1) is 22.6 Å². The van der Waals surface area contributed by atoms with Crippen molar-refractivity contribution in [2.24, 2.45) is 0 Å². The molecule has 1 atom stereocenters. The number of halogens is 2. The molecule has 0 saturated heterocycles. The van der Waals surface area contributed by atoms with E-state index in [2.05, 4.69) is 5.32 Å². The summed E-state index contributed by atoms with van der Waals surface area (Å²) in [5.74, 6) is -0.684. The predicted molar refractivity (Wildman–Crippen MR) is 96.0 cm³/mol. The van der Waals surface area contributed by atoms with Gasteiger partial charge in [-0.05, 0) is 30.3 Å².